The first-order valence-corrected chi connectivity index (χ1v) is 8.18. The zero-order valence-corrected chi connectivity index (χ0v) is 14.4. The molecule has 0 atom stereocenters. The maximum absolute atomic E-state index is 5.16. The maximum Gasteiger partial charge on any atom is 0.247 e. The summed E-state index contributed by atoms with van der Waals surface area (Å²) in [6.07, 6.45) is 1.34. The first kappa shape index (κ1) is 16.7. The van der Waals surface area contributed by atoms with Crippen molar-refractivity contribution < 1.29 is 4.42 Å². The van der Waals surface area contributed by atoms with E-state index in [-0.39, 0.29) is 0 Å². The van der Waals surface area contributed by atoms with E-state index in [9.17, 15) is 0 Å². The topological polar surface area (TPSA) is 38.9 Å². The van der Waals surface area contributed by atoms with Crippen LogP contribution in [-0.2, 0) is 0 Å². The Kier molecular flexibility index (Phi) is 5.37. The van der Waals surface area contributed by atoms with E-state index >= 15 is 0 Å². The lowest BCUT2D eigenvalue weighted by molar-refractivity contribution is 0.568. The lowest BCUT2D eigenvalue weighted by Gasteiger charge is -2.03. The molecule has 3 aromatic carbocycles. The van der Waals surface area contributed by atoms with Gasteiger partial charge in [-0.2, -0.15) is 0 Å². The Balaban J connectivity index is 0.000000219. The summed E-state index contributed by atoms with van der Waals surface area (Å²) < 4.78 is 5.16. The van der Waals surface area contributed by atoms with Crippen molar-refractivity contribution in [3.05, 3.63) is 96.4 Å². The lowest BCUT2D eigenvalue weighted by atomic mass is 10.0. The number of benzene rings is 3. The standard InChI is InChI=1S/C15H12N2O.C7H8/c1-11-2-4-12(5-3-11)13-6-8-14(9-7-13)15-17-16-10-18-15;1-7-5-3-2-4-6-7/h2-10H,1H3;2-6H,1H3. The van der Waals surface area contributed by atoms with Crippen molar-refractivity contribution in [1.82, 2.24) is 10.2 Å². The van der Waals surface area contributed by atoms with E-state index in [0.29, 0.717) is 5.89 Å². The highest BCUT2D eigenvalue weighted by atomic mass is 16.4. The van der Waals surface area contributed by atoms with Gasteiger partial charge in [0.1, 0.15) is 0 Å². The van der Waals surface area contributed by atoms with Gasteiger partial charge in [0.2, 0.25) is 12.3 Å². The van der Waals surface area contributed by atoms with Gasteiger partial charge in [-0.1, -0.05) is 77.9 Å². The molecule has 4 rings (SSSR count). The number of aromatic nitrogens is 2. The molecule has 3 nitrogen and oxygen atoms in total. The molecule has 1 heterocycles. The summed E-state index contributed by atoms with van der Waals surface area (Å²) in [7, 11) is 0. The van der Waals surface area contributed by atoms with Gasteiger partial charge in [-0.3, -0.25) is 0 Å². The van der Waals surface area contributed by atoms with Crippen molar-refractivity contribution >= 4 is 0 Å². The van der Waals surface area contributed by atoms with Crippen molar-refractivity contribution in [1.29, 1.82) is 0 Å². The van der Waals surface area contributed by atoms with Crippen LogP contribution in [0.4, 0.5) is 0 Å². The Bertz CT molecular complexity index is 881. The monoisotopic (exact) mass is 328 g/mol. The Morgan fingerprint density at radius 3 is 1.60 bits per heavy atom. The molecule has 0 radical (unpaired) electrons. The molecular weight excluding hydrogens is 308 g/mol. The summed E-state index contributed by atoms with van der Waals surface area (Å²) in [5.74, 6) is 0.547. The number of rotatable bonds is 2. The fourth-order valence-electron chi connectivity index (χ4n) is 2.38. The number of hydrogen-bond donors (Lipinski definition) is 0. The quantitative estimate of drug-likeness (QED) is 0.473. The summed E-state index contributed by atoms with van der Waals surface area (Å²) in [5, 5.41) is 7.56. The highest BCUT2D eigenvalue weighted by molar-refractivity contribution is 5.67. The van der Waals surface area contributed by atoms with E-state index < -0.39 is 0 Å². The van der Waals surface area contributed by atoms with E-state index in [2.05, 4.69) is 72.6 Å². The second kappa shape index (κ2) is 8.06. The van der Waals surface area contributed by atoms with E-state index in [1.807, 2.05) is 30.3 Å². The number of nitrogens with zero attached hydrogens (tertiary/aromatic N) is 2. The normalized spacial score (nSPS) is 10.0. The van der Waals surface area contributed by atoms with Crippen molar-refractivity contribution in [3.63, 3.8) is 0 Å². The molecule has 0 fully saturated rings. The molecule has 25 heavy (non-hydrogen) atoms. The van der Waals surface area contributed by atoms with E-state index in [4.69, 9.17) is 4.42 Å². The van der Waals surface area contributed by atoms with Crippen molar-refractivity contribution in [2.45, 2.75) is 13.8 Å². The number of aryl methyl sites for hydroxylation is 2. The first-order chi connectivity index (χ1) is 12.2. The van der Waals surface area contributed by atoms with Crippen molar-refractivity contribution in [2.24, 2.45) is 0 Å². The Labute approximate surface area is 148 Å². The molecular formula is C22H20N2O. The minimum Gasteiger partial charge on any atom is -0.423 e. The predicted octanol–water partition coefficient (Wildman–Crippen LogP) is 5.71. The molecule has 0 aliphatic carbocycles. The van der Waals surface area contributed by atoms with Gasteiger partial charge in [0.05, 0.1) is 0 Å². The van der Waals surface area contributed by atoms with Gasteiger partial charge in [-0.25, -0.2) is 0 Å². The van der Waals surface area contributed by atoms with Crippen LogP contribution in [0.1, 0.15) is 11.1 Å². The van der Waals surface area contributed by atoms with Crippen LogP contribution < -0.4 is 0 Å². The molecule has 0 spiro atoms. The van der Waals surface area contributed by atoms with Crippen molar-refractivity contribution in [2.75, 3.05) is 0 Å². The van der Waals surface area contributed by atoms with Crippen LogP contribution in [0.5, 0.6) is 0 Å². The molecule has 3 heteroatoms. The van der Waals surface area contributed by atoms with E-state index in [0.717, 1.165) is 5.56 Å². The summed E-state index contributed by atoms with van der Waals surface area (Å²) in [6, 6.07) is 26.8. The smallest absolute Gasteiger partial charge is 0.247 e. The molecule has 0 unspecified atom stereocenters. The largest absolute Gasteiger partial charge is 0.423 e. The molecule has 4 aromatic rings. The predicted molar refractivity (Wildman–Crippen MR) is 101 cm³/mol. The molecule has 0 amide bonds. The van der Waals surface area contributed by atoms with E-state index in [1.54, 1.807) is 0 Å². The summed E-state index contributed by atoms with van der Waals surface area (Å²) in [6.45, 7) is 4.17. The van der Waals surface area contributed by atoms with Crippen LogP contribution in [0.2, 0.25) is 0 Å². The summed E-state index contributed by atoms with van der Waals surface area (Å²) in [4.78, 5) is 0. The molecule has 1 aromatic heterocycles. The fourth-order valence-corrected chi connectivity index (χ4v) is 2.38. The Morgan fingerprint density at radius 1 is 0.600 bits per heavy atom. The van der Waals surface area contributed by atoms with Crippen LogP contribution in [0.25, 0.3) is 22.6 Å². The summed E-state index contributed by atoms with van der Waals surface area (Å²) >= 11 is 0. The molecule has 0 N–H and O–H groups in total. The van der Waals surface area contributed by atoms with Gasteiger partial charge >= 0.3 is 0 Å². The first-order valence-electron chi connectivity index (χ1n) is 8.18. The minimum absolute atomic E-state index is 0.547. The second-order valence-corrected chi connectivity index (χ2v) is 5.84. The molecule has 0 saturated heterocycles. The van der Waals surface area contributed by atoms with Crippen LogP contribution in [0.3, 0.4) is 0 Å². The van der Waals surface area contributed by atoms with Gasteiger partial charge in [0.25, 0.3) is 0 Å². The van der Waals surface area contributed by atoms with Gasteiger partial charge in [0.15, 0.2) is 0 Å². The zero-order chi connectivity index (χ0) is 17.5. The second-order valence-electron chi connectivity index (χ2n) is 5.84. The SMILES string of the molecule is Cc1ccc(-c2ccc(-c3nnco3)cc2)cc1.Cc1ccccc1. The third-order valence-electron chi connectivity index (χ3n) is 3.82. The lowest BCUT2D eigenvalue weighted by Crippen LogP contribution is -1.81. The molecule has 0 aliphatic rings. The minimum atomic E-state index is 0.547. The maximum atomic E-state index is 5.16. The van der Waals surface area contributed by atoms with Crippen LogP contribution in [0.15, 0.2) is 89.7 Å². The van der Waals surface area contributed by atoms with Gasteiger partial charge in [-0.15, -0.1) is 10.2 Å². The van der Waals surface area contributed by atoms with Gasteiger partial charge in [0, 0.05) is 5.56 Å². The average molecular weight is 328 g/mol. The summed E-state index contributed by atoms with van der Waals surface area (Å²) in [5.41, 5.74) is 5.91. The van der Waals surface area contributed by atoms with Crippen LogP contribution >= 0.6 is 0 Å². The molecule has 0 saturated carbocycles. The Morgan fingerprint density at radius 2 is 1.12 bits per heavy atom. The highest BCUT2D eigenvalue weighted by Crippen LogP contribution is 2.23. The molecule has 0 aliphatic heterocycles. The van der Waals surface area contributed by atoms with Crippen LogP contribution in [-0.4, -0.2) is 10.2 Å². The number of hydrogen-bond acceptors (Lipinski definition) is 3. The van der Waals surface area contributed by atoms with Crippen molar-refractivity contribution in [3.8, 4) is 22.6 Å². The third kappa shape index (κ3) is 4.64. The fraction of sp³-hybridized carbons (Fsp3) is 0.0909. The van der Waals surface area contributed by atoms with E-state index in [1.165, 1.54) is 28.6 Å². The highest BCUT2D eigenvalue weighted by Gasteiger charge is 2.03. The average Bonchev–Trinajstić information content (AvgIpc) is 3.19. The van der Waals surface area contributed by atoms with Gasteiger partial charge < -0.3 is 4.42 Å². The zero-order valence-electron chi connectivity index (χ0n) is 14.4. The molecule has 0 bridgehead atoms. The van der Waals surface area contributed by atoms with Crippen LogP contribution in [0, 0.1) is 13.8 Å². The third-order valence-corrected chi connectivity index (χ3v) is 3.82. The Hall–Kier alpha value is -3.20. The van der Waals surface area contributed by atoms with Gasteiger partial charge in [-0.05, 0) is 37.1 Å². The molecule has 124 valence electrons.